The maximum atomic E-state index is 12.9. The second-order valence-corrected chi connectivity index (χ2v) is 3.83. The highest BCUT2D eigenvalue weighted by Gasteiger charge is 2.09. The molecule has 0 heterocycles. The van der Waals surface area contributed by atoms with Gasteiger partial charge in [-0.1, -0.05) is 17.3 Å². The minimum absolute atomic E-state index is 0.0353. The molecule has 6 heteroatoms. The lowest BCUT2D eigenvalue weighted by atomic mass is 10.2. The fourth-order valence-electron chi connectivity index (χ4n) is 1.52. The molecule has 0 saturated carbocycles. The average Bonchev–Trinajstić information content (AvgIpc) is 2.38. The Kier molecular flexibility index (Phi) is 4.05. The third kappa shape index (κ3) is 3.38. The molecule has 0 saturated heterocycles. The van der Waals surface area contributed by atoms with Gasteiger partial charge in [0.05, 0.1) is 6.21 Å². The van der Waals surface area contributed by atoms with Crippen LogP contribution in [-0.4, -0.2) is 17.3 Å². The van der Waals surface area contributed by atoms with Crippen molar-refractivity contribution in [3.05, 3.63) is 65.2 Å². The lowest BCUT2D eigenvalue weighted by Crippen LogP contribution is -1.99. The lowest BCUT2D eigenvalue weighted by Gasteiger charge is -2.02. The fourth-order valence-corrected chi connectivity index (χ4v) is 1.52. The van der Waals surface area contributed by atoms with Crippen molar-refractivity contribution < 1.29 is 23.5 Å². The van der Waals surface area contributed by atoms with Gasteiger partial charge in [-0.05, 0) is 24.3 Å². The third-order valence-corrected chi connectivity index (χ3v) is 2.36. The first-order valence-electron chi connectivity index (χ1n) is 5.55. The zero-order chi connectivity index (χ0) is 14.5. The van der Waals surface area contributed by atoms with Gasteiger partial charge >= 0.3 is 5.97 Å². The number of para-hydroxylation sites is 1. The average molecular weight is 277 g/mol. The van der Waals surface area contributed by atoms with Gasteiger partial charge in [0, 0.05) is 11.6 Å². The molecule has 1 N–H and O–H groups in total. The Morgan fingerprint density at radius 1 is 1.15 bits per heavy atom. The van der Waals surface area contributed by atoms with Crippen molar-refractivity contribution in [1.82, 2.24) is 0 Å². The van der Waals surface area contributed by atoms with Gasteiger partial charge in [-0.2, -0.15) is 0 Å². The molecule has 0 aromatic heterocycles. The summed E-state index contributed by atoms with van der Waals surface area (Å²) in [4.78, 5) is 15.8. The van der Waals surface area contributed by atoms with Crippen LogP contribution in [0, 0.1) is 11.6 Å². The Labute approximate surface area is 112 Å². The quantitative estimate of drug-likeness (QED) is 0.690. The second kappa shape index (κ2) is 5.92. The van der Waals surface area contributed by atoms with Crippen LogP contribution in [0.4, 0.5) is 8.78 Å². The molecule has 0 amide bonds. The van der Waals surface area contributed by atoms with Crippen LogP contribution in [0.2, 0.25) is 0 Å². The summed E-state index contributed by atoms with van der Waals surface area (Å²) in [6.45, 7) is 0. The molecule has 0 spiro atoms. The van der Waals surface area contributed by atoms with E-state index in [1.807, 2.05) is 0 Å². The number of carboxylic acids is 1. The minimum Gasteiger partial charge on any atom is -0.478 e. The van der Waals surface area contributed by atoms with Gasteiger partial charge in [-0.3, -0.25) is 0 Å². The highest BCUT2D eigenvalue weighted by molar-refractivity contribution is 5.90. The van der Waals surface area contributed by atoms with Crippen LogP contribution >= 0.6 is 0 Å². The van der Waals surface area contributed by atoms with Crippen LogP contribution in [0.15, 0.2) is 47.6 Å². The normalized spacial score (nSPS) is 10.7. The lowest BCUT2D eigenvalue weighted by molar-refractivity contribution is 0.0692. The molecule has 0 radical (unpaired) electrons. The van der Waals surface area contributed by atoms with E-state index in [2.05, 4.69) is 5.16 Å². The Hall–Kier alpha value is -2.76. The fraction of sp³-hybridized carbons (Fsp3) is 0. The number of oxime groups is 1. The first-order valence-corrected chi connectivity index (χ1v) is 5.55. The molecule has 2 aromatic carbocycles. The van der Waals surface area contributed by atoms with Gasteiger partial charge in [0.25, 0.3) is 0 Å². The molecule has 4 nitrogen and oxygen atoms in total. The number of hydrogen-bond donors (Lipinski definition) is 1. The maximum Gasteiger partial charge on any atom is 0.339 e. The predicted octanol–water partition coefficient (Wildman–Crippen LogP) is 3.08. The molecule has 0 fully saturated rings. The van der Waals surface area contributed by atoms with Gasteiger partial charge in [-0.25, -0.2) is 13.6 Å². The van der Waals surface area contributed by atoms with Gasteiger partial charge in [0.1, 0.15) is 17.2 Å². The highest BCUT2D eigenvalue weighted by Crippen LogP contribution is 2.18. The van der Waals surface area contributed by atoms with Crippen LogP contribution in [0.25, 0.3) is 0 Å². The smallest absolute Gasteiger partial charge is 0.339 e. The largest absolute Gasteiger partial charge is 0.478 e. The number of carbonyl (C=O) groups is 1. The van der Waals surface area contributed by atoms with Gasteiger partial charge in [-0.15, -0.1) is 0 Å². The Bertz CT molecular complexity index is 651. The Balaban J connectivity index is 2.16. The molecule has 0 bridgehead atoms. The number of benzene rings is 2. The number of rotatable bonds is 4. The molecular weight excluding hydrogens is 268 g/mol. The van der Waals surface area contributed by atoms with E-state index in [4.69, 9.17) is 9.94 Å². The predicted molar refractivity (Wildman–Crippen MR) is 68.0 cm³/mol. The van der Waals surface area contributed by atoms with Gasteiger partial charge in [0.2, 0.25) is 0 Å². The Morgan fingerprint density at radius 2 is 1.80 bits per heavy atom. The maximum absolute atomic E-state index is 12.9. The van der Waals surface area contributed by atoms with Crippen molar-refractivity contribution in [3.63, 3.8) is 0 Å². The van der Waals surface area contributed by atoms with E-state index in [0.29, 0.717) is 0 Å². The molecule has 102 valence electrons. The van der Waals surface area contributed by atoms with E-state index >= 15 is 0 Å². The molecule has 2 rings (SSSR count). The Morgan fingerprint density at radius 3 is 2.45 bits per heavy atom. The summed E-state index contributed by atoms with van der Waals surface area (Å²) in [5.41, 5.74) is 0.102. The first-order chi connectivity index (χ1) is 9.56. The molecule has 0 unspecified atom stereocenters. The summed E-state index contributed by atoms with van der Waals surface area (Å²) in [5, 5.41) is 12.4. The first kappa shape index (κ1) is 13.7. The topological polar surface area (TPSA) is 58.9 Å². The van der Waals surface area contributed by atoms with Crippen LogP contribution < -0.4 is 4.84 Å². The summed E-state index contributed by atoms with van der Waals surface area (Å²) in [6.07, 6.45) is 1.09. The van der Waals surface area contributed by atoms with Crippen molar-refractivity contribution >= 4 is 12.2 Å². The zero-order valence-corrected chi connectivity index (χ0v) is 10.1. The van der Waals surface area contributed by atoms with E-state index in [9.17, 15) is 13.6 Å². The van der Waals surface area contributed by atoms with Crippen molar-refractivity contribution in [3.8, 4) is 5.75 Å². The van der Waals surface area contributed by atoms with Crippen LogP contribution in [-0.2, 0) is 0 Å². The van der Waals surface area contributed by atoms with E-state index < -0.39 is 17.6 Å². The van der Waals surface area contributed by atoms with Crippen LogP contribution in [0.3, 0.4) is 0 Å². The van der Waals surface area contributed by atoms with Crippen LogP contribution in [0.1, 0.15) is 15.9 Å². The molecule has 2 aromatic rings. The van der Waals surface area contributed by atoms with Crippen molar-refractivity contribution in [2.24, 2.45) is 5.16 Å². The molecule has 0 aliphatic carbocycles. The number of carboxylic acid groups (broad SMARTS) is 1. The molecule has 0 aliphatic heterocycles. The number of nitrogens with zero attached hydrogens (tertiary/aromatic N) is 1. The van der Waals surface area contributed by atoms with E-state index in [0.717, 1.165) is 24.4 Å². The van der Waals surface area contributed by atoms with E-state index in [-0.39, 0.29) is 16.9 Å². The summed E-state index contributed by atoms with van der Waals surface area (Å²) in [6, 6.07) is 8.78. The number of hydrogen-bond acceptors (Lipinski definition) is 3. The molecular formula is C14H9F2NO3. The standard InChI is InChI=1S/C14H9F2NO3/c15-10-5-9(6-11(16)7-10)8-17-20-13-4-2-1-3-12(13)14(18)19/h1-8H,(H,18,19)/b17-8+. The van der Waals surface area contributed by atoms with Crippen molar-refractivity contribution in [2.45, 2.75) is 0 Å². The summed E-state index contributed by atoms with van der Waals surface area (Å²) in [5.74, 6) is -2.60. The van der Waals surface area contributed by atoms with Gasteiger partial charge < -0.3 is 9.94 Å². The van der Waals surface area contributed by atoms with E-state index in [1.54, 1.807) is 12.1 Å². The number of aromatic carboxylic acids is 1. The summed E-state index contributed by atoms with van der Waals surface area (Å²) in [7, 11) is 0. The number of halogens is 2. The third-order valence-electron chi connectivity index (χ3n) is 2.36. The molecule has 20 heavy (non-hydrogen) atoms. The molecule has 0 atom stereocenters. The van der Waals surface area contributed by atoms with Crippen molar-refractivity contribution in [2.75, 3.05) is 0 Å². The second-order valence-electron chi connectivity index (χ2n) is 3.83. The van der Waals surface area contributed by atoms with Gasteiger partial charge in [0.15, 0.2) is 5.75 Å². The van der Waals surface area contributed by atoms with Crippen molar-refractivity contribution in [1.29, 1.82) is 0 Å². The SMILES string of the molecule is O=C(O)c1ccccc1O/N=C/c1cc(F)cc(F)c1. The van der Waals surface area contributed by atoms with Crippen LogP contribution in [0.5, 0.6) is 5.75 Å². The van der Waals surface area contributed by atoms with E-state index in [1.165, 1.54) is 12.1 Å². The monoisotopic (exact) mass is 277 g/mol. The summed E-state index contributed by atoms with van der Waals surface area (Å²) < 4.78 is 25.9. The highest BCUT2D eigenvalue weighted by atomic mass is 19.1. The summed E-state index contributed by atoms with van der Waals surface area (Å²) >= 11 is 0. The minimum atomic E-state index is -1.16. The molecule has 0 aliphatic rings. The zero-order valence-electron chi connectivity index (χ0n) is 10.1.